The molecular weight excluding hydrogens is 265 g/mol. The molecule has 0 amide bonds. The van der Waals surface area contributed by atoms with E-state index in [-0.39, 0.29) is 17.6 Å². The van der Waals surface area contributed by atoms with Gasteiger partial charge in [0.1, 0.15) is 5.82 Å². The monoisotopic (exact) mass is 281 g/mol. The third-order valence-electron chi connectivity index (χ3n) is 3.66. The highest BCUT2D eigenvalue weighted by Crippen LogP contribution is 2.31. The van der Waals surface area contributed by atoms with Crippen molar-refractivity contribution in [3.63, 3.8) is 0 Å². The van der Waals surface area contributed by atoms with Crippen LogP contribution in [0.25, 0.3) is 0 Å². The van der Waals surface area contributed by atoms with Gasteiger partial charge < -0.3 is 5.32 Å². The molecular formula is C18H16FNO. The van der Waals surface area contributed by atoms with Crippen molar-refractivity contribution in [2.75, 3.05) is 5.32 Å². The quantitative estimate of drug-likeness (QED) is 0.906. The van der Waals surface area contributed by atoms with Crippen molar-refractivity contribution in [2.24, 2.45) is 0 Å². The fourth-order valence-electron chi connectivity index (χ4n) is 2.59. The molecule has 0 bridgehead atoms. The Morgan fingerprint density at radius 2 is 1.71 bits per heavy atom. The third kappa shape index (κ3) is 3.02. The van der Waals surface area contributed by atoms with Gasteiger partial charge in [-0.2, -0.15) is 0 Å². The van der Waals surface area contributed by atoms with Crippen LogP contribution in [0.1, 0.15) is 24.4 Å². The molecule has 0 radical (unpaired) electrons. The number of rotatable bonds is 4. The van der Waals surface area contributed by atoms with Gasteiger partial charge in [-0.25, -0.2) is 4.39 Å². The number of hydrogen-bond donors (Lipinski definition) is 1. The molecule has 0 heterocycles. The molecule has 21 heavy (non-hydrogen) atoms. The van der Waals surface area contributed by atoms with E-state index in [1.807, 2.05) is 36.4 Å². The summed E-state index contributed by atoms with van der Waals surface area (Å²) in [6.45, 7) is 0. The molecule has 1 aliphatic carbocycles. The van der Waals surface area contributed by atoms with E-state index >= 15 is 0 Å². The lowest BCUT2D eigenvalue weighted by Crippen LogP contribution is -2.17. The normalized spacial score (nSPS) is 15.7. The van der Waals surface area contributed by atoms with Crippen LogP contribution in [0.2, 0.25) is 0 Å². The summed E-state index contributed by atoms with van der Waals surface area (Å²) >= 11 is 0. The van der Waals surface area contributed by atoms with E-state index in [0.29, 0.717) is 6.42 Å². The first-order valence-corrected chi connectivity index (χ1v) is 7.04. The van der Waals surface area contributed by atoms with Crippen LogP contribution in [0.4, 0.5) is 10.1 Å². The summed E-state index contributed by atoms with van der Waals surface area (Å²) in [6.07, 6.45) is 3.32. The highest BCUT2D eigenvalue weighted by Gasteiger charge is 2.25. The molecule has 1 aliphatic rings. The zero-order valence-corrected chi connectivity index (χ0v) is 11.6. The molecule has 0 aromatic heterocycles. The minimum atomic E-state index is -0.274. The Labute approximate surface area is 123 Å². The Balaban J connectivity index is 1.95. The van der Waals surface area contributed by atoms with Crippen molar-refractivity contribution in [3.05, 3.63) is 77.6 Å². The van der Waals surface area contributed by atoms with Gasteiger partial charge in [0.2, 0.25) is 0 Å². The second kappa shape index (κ2) is 5.92. The van der Waals surface area contributed by atoms with E-state index in [9.17, 15) is 9.18 Å². The van der Waals surface area contributed by atoms with Gasteiger partial charge in [0.15, 0.2) is 5.78 Å². The molecule has 1 unspecified atom stereocenters. The van der Waals surface area contributed by atoms with Gasteiger partial charge in [-0.05, 0) is 36.2 Å². The molecule has 0 fully saturated rings. The molecule has 106 valence electrons. The molecule has 1 N–H and O–H groups in total. The number of nitrogens with one attached hydrogen (secondary N) is 1. The minimum Gasteiger partial charge on any atom is -0.374 e. The highest BCUT2D eigenvalue weighted by molar-refractivity contribution is 5.99. The number of para-hydroxylation sites is 1. The summed E-state index contributed by atoms with van der Waals surface area (Å²) in [6, 6.07) is 15.8. The number of Topliss-reactive ketones (excluding diaryl/α,β-unsaturated/α-hetero) is 1. The van der Waals surface area contributed by atoms with E-state index in [0.717, 1.165) is 23.2 Å². The predicted octanol–water partition coefficient (Wildman–Crippen LogP) is 4.27. The molecule has 0 saturated carbocycles. The van der Waals surface area contributed by atoms with Crippen LogP contribution in [0, 0.1) is 5.82 Å². The largest absolute Gasteiger partial charge is 0.374 e. The second-order valence-electron chi connectivity index (χ2n) is 5.12. The maximum absolute atomic E-state index is 13.1. The van der Waals surface area contributed by atoms with Gasteiger partial charge in [-0.1, -0.05) is 36.4 Å². The molecule has 0 saturated heterocycles. The molecule has 3 heteroatoms. The standard InChI is InChI=1S/C18H16FNO/c19-14-11-9-13(10-12-14)18(16-7-4-8-17(16)21)20-15-5-2-1-3-6-15/h1-3,5-7,9-12,18,20H,4,8H2. The van der Waals surface area contributed by atoms with Gasteiger partial charge in [0, 0.05) is 17.7 Å². The SMILES string of the molecule is O=C1CCC=C1C(Nc1ccccc1)c1ccc(F)cc1. The summed E-state index contributed by atoms with van der Waals surface area (Å²) in [4.78, 5) is 12.1. The van der Waals surface area contributed by atoms with Crippen LogP contribution in [0.5, 0.6) is 0 Å². The molecule has 2 nitrogen and oxygen atoms in total. The summed E-state index contributed by atoms with van der Waals surface area (Å²) in [7, 11) is 0. The molecule has 3 rings (SSSR count). The molecule has 0 spiro atoms. The number of benzene rings is 2. The van der Waals surface area contributed by atoms with Crippen LogP contribution in [-0.2, 0) is 4.79 Å². The fraction of sp³-hybridized carbons (Fsp3) is 0.167. The lowest BCUT2D eigenvalue weighted by Gasteiger charge is -2.21. The van der Waals surface area contributed by atoms with Crippen LogP contribution in [-0.4, -0.2) is 5.78 Å². The number of halogens is 1. The van der Waals surface area contributed by atoms with Crippen LogP contribution < -0.4 is 5.32 Å². The van der Waals surface area contributed by atoms with E-state index < -0.39 is 0 Å². The van der Waals surface area contributed by atoms with Crippen molar-refractivity contribution >= 4 is 11.5 Å². The lowest BCUT2D eigenvalue weighted by molar-refractivity contribution is -0.115. The highest BCUT2D eigenvalue weighted by atomic mass is 19.1. The first-order valence-electron chi connectivity index (χ1n) is 7.04. The van der Waals surface area contributed by atoms with E-state index in [4.69, 9.17) is 0 Å². The lowest BCUT2D eigenvalue weighted by atomic mass is 9.97. The number of carbonyl (C=O) groups excluding carboxylic acids is 1. The third-order valence-corrected chi connectivity index (χ3v) is 3.66. The van der Waals surface area contributed by atoms with Gasteiger partial charge in [0.25, 0.3) is 0 Å². The van der Waals surface area contributed by atoms with Crippen molar-refractivity contribution in [1.29, 1.82) is 0 Å². The zero-order chi connectivity index (χ0) is 14.7. The summed E-state index contributed by atoms with van der Waals surface area (Å²) < 4.78 is 13.1. The van der Waals surface area contributed by atoms with E-state index in [2.05, 4.69) is 5.32 Å². The number of anilines is 1. The number of ketones is 1. The first-order chi connectivity index (χ1) is 10.2. The van der Waals surface area contributed by atoms with Crippen molar-refractivity contribution < 1.29 is 9.18 Å². The van der Waals surface area contributed by atoms with E-state index in [1.165, 1.54) is 12.1 Å². The van der Waals surface area contributed by atoms with Gasteiger partial charge in [0.05, 0.1) is 6.04 Å². The Hall–Kier alpha value is -2.42. The molecule has 0 aliphatic heterocycles. The molecule has 2 aromatic rings. The smallest absolute Gasteiger partial charge is 0.161 e. The van der Waals surface area contributed by atoms with Gasteiger partial charge in [-0.3, -0.25) is 4.79 Å². The average molecular weight is 281 g/mol. The first kappa shape index (κ1) is 13.6. The Morgan fingerprint density at radius 1 is 1.00 bits per heavy atom. The van der Waals surface area contributed by atoms with Crippen LogP contribution >= 0.6 is 0 Å². The van der Waals surface area contributed by atoms with Gasteiger partial charge >= 0.3 is 0 Å². The summed E-state index contributed by atoms with van der Waals surface area (Å²) in [5, 5.41) is 3.38. The van der Waals surface area contributed by atoms with Crippen molar-refractivity contribution in [1.82, 2.24) is 0 Å². The number of carbonyl (C=O) groups is 1. The van der Waals surface area contributed by atoms with Crippen molar-refractivity contribution in [2.45, 2.75) is 18.9 Å². The average Bonchev–Trinajstić information content (AvgIpc) is 2.93. The number of allylic oxidation sites excluding steroid dienone is 1. The maximum atomic E-state index is 13.1. The Kier molecular flexibility index (Phi) is 3.82. The summed E-state index contributed by atoms with van der Waals surface area (Å²) in [5.74, 6) is -0.114. The fourth-order valence-corrected chi connectivity index (χ4v) is 2.59. The van der Waals surface area contributed by atoms with Crippen LogP contribution in [0.15, 0.2) is 66.2 Å². The summed E-state index contributed by atoms with van der Waals surface area (Å²) in [5.41, 5.74) is 2.60. The van der Waals surface area contributed by atoms with E-state index in [1.54, 1.807) is 12.1 Å². The Morgan fingerprint density at radius 3 is 2.33 bits per heavy atom. The molecule has 1 atom stereocenters. The zero-order valence-electron chi connectivity index (χ0n) is 11.6. The van der Waals surface area contributed by atoms with Crippen molar-refractivity contribution in [3.8, 4) is 0 Å². The van der Waals surface area contributed by atoms with Gasteiger partial charge in [-0.15, -0.1) is 0 Å². The van der Waals surface area contributed by atoms with Crippen LogP contribution in [0.3, 0.4) is 0 Å². The molecule has 2 aromatic carbocycles. The minimum absolute atomic E-state index is 0.160. The predicted molar refractivity (Wildman–Crippen MR) is 81.5 cm³/mol. The maximum Gasteiger partial charge on any atom is 0.161 e. The number of hydrogen-bond acceptors (Lipinski definition) is 2. The Bertz CT molecular complexity index is 661. The second-order valence-corrected chi connectivity index (χ2v) is 5.12. The topological polar surface area (TPSA) is 29.1 Å².